The summed E-state index contributed by atoms with van der Waals surface area (Å²) in [6.07, 6.45) is 0. The first kappa shape index (κ1) is 13.1. The van der Waals surface area contributed by atoms with Crippen molar-refractivity contribution in [3.8, 4) is 5.75 Å². The molecule has 1 aromatic heterocycles. The zero-order valence-electron chi connectivity index (χ0n) is 10.3. The van der Waals surface area contributed by atoms with E-state index in [0.717, 1.165) is 6.07 Å². The Labute approximate surface area is 120 Å². The van der Waals surface area contributed by atoms with Crippen LogP contribution in [-0.4, -0.2) is 12.1 Å². The van der Waals surface area contributed by atoms with Crippen molar-refractivity contribution in [3.05, 3.63) is 50.7 Å². The molecule has 0 atom stereocenters. The quantitative estimate of drug-likeness (QED) is 0.686. The topological polar surface area (TPSA) is 42.1 Å². The van der Waals surface area contributed by atoms with E-state index in [1.807, 2.05) is 0 Å². The highest BCUT2D eigenvalue weighted by atomic mass is 79.9. The molecular weight excluding hydrogens is 332 g/mol. The summed E-state index contributed by atoms with van der Waals surface area (Å²) in [6, 6.07) is 5.39. The summed E-state index contributed by atoms with van der Waals surface area (Å²) >= 11 is 3.31. The third-order valence-electron chi connectivity index (χ3n) is 3.15. The van der Waals surface area contributed by atoms with Crippen molar-refractivity contribution < 1.29 is 13.5 Å². The van der Waals surface area contributed by atoms with Gasteiger partial charge in [0.15, 0.2) is 5.82 Å². The van der Waals surface area contributed by atoms with Gasteiger partial charge < -0.3 is 9.72 Å². The van der Waals surface area contributed by atoms with Crippen LogP contribution in [0, 0.1) is 11.6 Å². The molecule has 0 fully saturated rings. The molecule has 3 aromatic rings. The van der Waals surface area contributed by atoms with Crippen LogP contribution in [0.1, 0.15) is 0 Å². The van der Waals surface area contributed by atoms with Gasteiger partial charge in [-0.25, -0.2) is 8.78 Å². The van der Waals surface area contributed by atoms with Crippen molar-refractivity contribution in [1.29, 1.82) is 0 Å². The standard InChI is InChI=1S/C14H8BrF2NO2/c1-20-9-5-8(17)13-11(12(9)15)6-3-2-4-7(16)10(6)14(19)18-13/h2-5H,1H3,(H,18,19). The Morgan fingerprint density at radius 2 is 1.95 bits per heavy atom. The number of aromatic amines is 1. The Kier molecular flexibility index (Phi) is 2.97. The smallest absolute Gasteiger partial charge is 0.259 e. The minimum absolute atomic E-state index is 0.0146. The average Bonchev–Trinajstić information content (AvgIpc) is 2.42. The average molecular weight is 340 g/mol. The molecule has 102 valence electrons. The fourth-order valence-electron chi connectivity index (χ4n) is 2.27. The SMILES string of the molecule is COc1cc(F)c2[nH]c(=O)c3c(F)cccc3c2c1Br. The summed E-state index contributed by atoms with van der Waals surface area (Å²) in [7, 11) is 1.40. The fraction of sp³-hybridized carbons (Fsp3) is 0.0714. The van der Waals surface area contributed by atoms with E-state index in [0.29, 0.717) is 15.2 Å². The summed E-state index contributed by atoms with van der Waals surface area (Å²) in [6.45, 7) is 0. The van der Waals surface area contributed by atoms with Gasteiger partial charge in [0, 0.05) is 16.8 Å². The lowest BCUT2D eigenvalue weighted by molar-refractivity contribution is 0.410. The van der Waals surface area contributed by atoms with E-state index < -0.39 is 17.2 Å². The molecular formula is C14H8BrF2NO2. The molecule has 2 aromatic carbocycles. The van der Waals surface area contributed by atoms with Gasteiger partial charge in [-0.15, -0.1) is 0 Å². The minimum Gasteiger partial charge on any atom is -0.495 e. The first-order chi connectivity index (χ1) is 9.54. The first-order valence-corrected chi connectivity index (χ1v) is 6.50. The molecule has 0 saturated carbocycles. The maximum atomic E-state index is 14.1. The van der Waals surface area contributed by atoms with Crippen LogP contribution in [0.3, 0.4) is 0 Å². The number of pyridine rings is 1. The lowest BCUT2D eigenvalue weighted by Crippen LogP contribution is -2.09. The van der Waals surface area contributed by atoms with Crippen LogP contribution in [0.15, 0.2) is 33.5 Å². The molecule has 1 N–H and O–H groups in total. The molecule has 0 aliphatic carbocycles. The number of hydrogen-bond acceptors (Lipinski definition) is 2. The number of methoxy groups -OCH3 is 1. The summed E-state index contributed by atoms with van der Waals surface area (Å²) in [5.74, 6) is -1.02. The van der Waals surface area contributed by atoms with E-state index in [9.17, 15) is 13.6 Å². The van der Waals surface area contributed by atoms with Gasteiger partial charge in [0.25, 0.3) is 5.56 Å². The number of benzene rings is 2. The Morgan fingerprint density at radius 1 is 1.20 bits per heavy atom. The molecule has 0 aliphatic heterocycles. The van der Waals surface area contributed by atoms with Gasteiger partial charge in [-0.1, -0.05) is 12.1 Å². The predicted molar refractivity (Wildman–Crippen MR) is 76.2 cm³/mol. The summed E-state index contributed by atoms with van der Waals surface area (Å²) in [4.78, 5) is 14.3. The van der Waals surface area contributed by atoms with E-state index in [-0.39, 0.29) is 16.7 Å². The summed E-state index contributed by atoms with van der Waals surface area (Å²) in [5.41, 5.74) is -0.651. The number of rotatable bonds is 1. The number of H-pyrrole nitrogens is 1. The van der Waals surface area contributed by atoms with Crippen molar-refractivity contribution in [2.24, 2.45) is 0 Å². The normalized spacial score (nSPS) is 11.2. The van der Waals surface area contributed by atoms with Crippen molar-refractivity contribution in [2.45, 2.75) is 0 Å². The number of fused-ring (bicyclic) bond motifs is 3. The molecule has 1 heterocycles. The van der Waals surface area contributed by atoms with Crippen molar-refractivity contribution in [2.75, 3.05) is 7.11 Å². The second kappa shape index (κ2) is 4.56. The van der Waals surface area contributed by atoms with E-state index in [1.165, 1.54) is 19.2 Å². The number of nitrogens with one attached hydrogen (secondary N) is 1. The highest BCUT2D eigenvalue weighted by Gasteiger charge is 2.17. The predicted octanol–water partition coefficient (Wildman–Crippen LogP) is 3.73. The molecule has 20 heavy (non-hydrogen) atoms. The molecule has 0 bridgehead atoms. The van der Waals surface area contributed by atoms with Crippen LogP contribution in [0.5, 0.6) is 5.75 Å². The number of ether oxygens (including phenoxy) is 1. The van der Waals surface area contributed by atoms with Gasteiger partial charge in [0.2, 0.25) is 0 Å². The van der Waals surface area contributed by atoms with Crippen LogP contribution in [0.2, 0.25) is 0 Å². The van der Waals surface area contributed by atoms with Crippen molar-refractivity contribution in [1.82, 2.24) is 4.98 Å². The Hall–Kier alpha value is -1.95. The van der Waals surface area contributed by atoms with Crippen LogP contribution < -0.4 is 10.3 Å². The molecule has 0 saturated heterocycles. The van der Waals surface area contributed by atoms with Crippen LogP contribution in [0.4, 0.5) is 8.78 Å². The maximum Gasteiger partial charge on any atom is 0.259 e. The van der Waals surface area contributed by atoms with Gasteiger partial charge in [-0.3, -0.25) is 4.79 Å². The first-order valence-electron chi connectivity index (χ1n) is 5.70. The third-order valence-corrected chi connectivity index (χ3v) is 3.94. The molecule has 0 aliphatic rings. The third kappa shape index (κ3) is 1.71. The van der Waals surface area contributed by atoms with Gasteiger partial charge in [-0.05, 0) is 22.0 Å². The lowest BCUT2D eigenvalue weighted by atomic mass is 10.1. The zero-order chi connectivity index (χ0) is 14.4. The van der Waals surface area contributed by atoms with Gasteiger partial charge >= 0.3 is 0 Å². The van der Waals surface area contributed by atoms with Crippen LogP contribution in [0.25, 0.3) is 21.7 Å². The summed E-state index contributed by atoms with van der Waals surface area (Å²) in [5, 5.41) is 0.595. The van der Waals surface area contributed by atoms with E-state index in [4.69, 9.17) is 4.74 Å². The Balaban J connectivity index is 2.69. The second-order valence-corrected chi connectivity index (χ2v) is 5.03. The molecule has 0 radical (unpaired) electrons. The maximum absolute atomic E-state index is 14.1. The monoisotopic (exact) mass is 339 g/mol. The lowest BCUT2D eigenvalue weighted by Gasteiger charge is -2.10. The minimum atomic E-state index is -0.665. The second-order valence-electron chi connectivity index (χ2n) is 4.24. The highest BCUT2D eigenvalue weighted by Crippen LogP contribution is 2.37. The highest BCUT2D eigenvalue weighted by molar-refractivity contribution is 9.10. The van der Waals surface area contributed by atoms with E-state index >= 15 is 0 Å². The number of aromatic nitrogens is 1. The van der Waals surface area contributed by atoms with Crippen molar-refractivity contribution >= 4 is 37.6 Å². The molecule has 0 unspecified atom stereocenters. The van der Waals surface area contributed by atoms with Crippen LogP contribution in [-0.2, 0) is 0 Å². The fourth-order valence-corrected chi connectivity index (χ4v) is 2.95. The van der Waals surface area contributed by atoms with Crippen LogP contribution >= 0.6 is 15.9 Å². The molecule has 3 rings (SSSR count). The molecule has 3 nitrogen and oxygen atoms in total. The molecule has 0 spiro atoms. The number of halogens is 3. The summed E-state index contributed by atoms with van der Waals surface area (Å²) < 4.78 is 33.4. The number of hydrogen-bond donors (Lipinski definition) is 1. The van der Waals surface area contributed by atoms with Gasteiger partial charge in [-0.2, -0.15) is 0 Å². The van der Waals surface area contributed by atoms with Crippen molar-refractivity contribution in [3.63, 3.8) is 0 Å². The van der Waals surface area contributed by atoms with Gasteiger partial charge in [0.1, 0.15) is 11.6 Å². The van der Waals surface area contributed by atoms with E-state index in [2.05, 4.69) is 20.9 Å². The largest absolute Gasteiger partial charge is 0.495 e. The molecule has 0 amide bonds. The Morgan fingerprint density at radius 3 is 2.65 bits per heavy atom. The Bertz CT molecular complexity index is 905. The van der Waals surface area contributed by atoms with E-state index in [1.54, 1.807) is 6.07 Å². The van der Waals surface area contributed by atoms with Gasteiger partial charge in [0.05, 0.1) is 22.5 Å². The zero-order valence-corrected chi connectivity index (χ0v) is 11.8. The molecule has 6 heteroatoms.